The lowest BCUT2D eigenvalue weighted by atomic mass is 9.75. The summed E-state index contributed by atoms with van der Waals surface area (Å²) in [6.45, 7) is 5.51. The van der Waals surface area contributed by atoms with Crippen molar-refractivity contribution < 1.29 is 4.74 Å². The topological polar surface area (TPSA) is 21.3 Å². The molecule has 1 aromatic rings. The highest BCUT2D eigenvalue weighted by molar-refractivity contribution is 5.20. The minimum absolute atomic E-state index is 0.214. The highest BCUT2D eigenvalue weighted by Gasteiger charge is 2.42. The third-order valence-electron chi connectivity index (χ3n) is 5.20. The predicted molar refractivity (Wildman–Crippen MR) is 82.7 cm³/mol. The van der Waals surface area contributed by atoms with Crippen molar-refractivity contribution >= 4 is 0 Å². The Labute approximate surface area is 122 Å². The molecule has 1 aliphatic heterocycles. The maximum atomic E-state index is 6.33. The zero-order chi connectivity index (χ0) is 14.0. The SMILES string of the molecule is CCC1NC2(CCC(C)CC2)COC1c1ccccc1. The van der Waals surface area contributed by atoms with Crippen LogP contribution in [0, 0.1) is 5.92 Å². The van der Waals surface area contributed by atoms with Gasteiger partial charge in [-0.05, 0) is 43.6 Å². The van der Waals surface area contributed by atoms with Crippen LogP contribution in [0.3, 0.4) is 0 Å². The molecule has 1 spiro atoms. The molecule has 1 saturated heterocycles. The van der Waals surface area contributed by atoms with E-state index in [2.05, 4.69) is 49.5 Å². The van der Waals surface area contributed by atoms with Crippen LogP contribution in [-0.4, -0.2) is 18.2 Å². The summed E-state index contributed by atoms with van der Waals surface area (Å²) in [5.41, 5.74) is 1.56. The fourth-order valence-electron chi connectivity index (χ4n) is 3.77. The zero-order valence-electron chi connectivity index (χ0n) is 12.8. The van der Waals surface area contributed by atoms with Gasteiger partial charge >= 0.3 is 0 Å². The average molecular weight is 273 g/mol. The molecular weight excluding hydrogens is 246 g/mol. The molecule has 0 bridgehead atoms. The van der Waals surface area contributed by atoms with Gasteiger partial charge in [-0.3, -0.25) is 0 Å². The molecule has 2 heteroatoms. The molecule has 3 rings (SSSR count). The highest BCUT2D eigenvalue weighted by atomic mass is 16.5. The molecule has 1 N–H and O–H groups in total. The van der Waals surface area contributed by atoms with Crippen molar-refractivity contribution in [3.63, 3.8) is 0 Å². The quantitative estimate of drug-likeness (QED) is 0.877. The third kappa shape index (κ3) is 2.77. The molecule has 1 aromatic carbocycles. The van der Waals surface area contributed by atoms with Gasteiger partial charge in [0.1, 0.15) is 0 Å². The van der Waals surface area contributed by atoms with Gasteiger partial charge in [-0.1, -0.05) is 44.2 Å². The number of rotatable bonds is 2. The monoisotopic (exact) mass is 273 g/mol. The predicted octanol–water partition coefficient (Wildman–Crippen LogP) is 4.08. The molecule has 1 heterocycles. The lowest BCUT2D eigenvalue weighted by Crippen LogP contribution is -2.60. The molecule has 1 saturated carbocycles. The smallest absolute Gasteiger partial charge is 0.0978 e. The van der Waals surface area contributed by atoms with E-state index < -0.39 is 0 Å². The van der Waals surface area contributed by atoms with Gasteiger partial charge in [0.2, 0.25) is 0 Å². The lowest BCUT2D eigenvalue weighted by molar-refractivity contribution is -0.0796. The van der Waals surface area contributed by atoms with Gasteiger partial charge in [0, 0.05) is 11.6 Å². The van der Waals surface area contributed by atoms with Crippen molar-refractivity contribution in [3.8, 4) is 0 Å². The Morgan fingerprint density at radius 1 is 1.20 bits per heavy atom. The van der Waals surface area contributed by atoms with E-state index in [1.807, 2.05) is 0 Å². The molecule has 2 aliphatic rings. The fourth-order valence-corrected chi connectivity index (χ4v) is 3.77. The van der Waals surface area contributed by atoms with E-state index in [-0.39, 0.29) is 11.6 Å². The van der Waals surface area contributed by atoms with Gasteiger partial charge in [-0.15, -0.1) is 0 Å². The summed E-state index contributed by atoms with van der Waals surface area (Å²) in [7, 11) is 0. The number of ether oxygens (including phenoxy) is 1. The first-order valence-electron chi connectivity index (χ1n) is 8.17. The summed E-state index contributed by atoms with van der Waals surface area (Å²) in [6.07, 6.45) is 6.55. The molecule has 0 amide bonds. The van der Waals surface area contributed by atoms with Crippen LogP contribution in [-0.2, 0) is 4.74 Å². The van der Waals surface area contributed by atoms with Crippen LogP contribution in [0.1, 0.15) is 57.6 Å². The largest absolute Gasteiger partial charge is 0.370 e. The first-order chi connectivity index (χ1) is 9.72. The molecule has 2 atom stereocenters. The Bertz CT molecular complexity index is 422. The molecule has 1 aliphatic carbocycles. The number of hydrogen-bond donors (Lipinski definition) is 1. The van der Waals surface area contributed by atoms with Gasteiger partial charge in [-0.2, -0.15) is 0 Å². The Balaban J connectivity index is 1.73. The molecule has 0 aromatic heterocycles. The first kappa shape index (κ1) is 14.1. The van der Waals surface area contributed by atoms with Crippen LogP contribution in [0.25, 0.3) is 0 Å². The van der Waals surface area contributed by atoms with E-state index >= 15 is 0 Å². The number of hydrogen-bond acceptors (Lipinski definition) is 2. The zero-order valence-corrected chi connectivity index (χ0v) is 12.8. The van der Waals surface area contributed by atoms with Crippen LogP contribution in [0.5, 0.6) is 0 Å². The minimum Gasteiger partial charge on any atom is -0.370 e. The van der Waals surface area contributed by atoms with E-state index in [9.17, 15) is 0 Å². The number of nitrogens with one attached hydrogen (secondary N) is 1. The van der Waals surface area contributed by atoms with Gasteiger partial charge in [0.15, 0.2) is 0 Å². The molecular formula is C18H27NO. The van der Waals surface area contributed by atoms with Crippen LogP contribution < -0.4 is 5.32 Å². The maximum absolute atomic E-state index is 6.33. The fraction of sp³-hybridized carbons (Fsp3) is 0.667. The van der Waals surface area contributed by atoms with Crippen LogP contribution >= 0.6 is 0 Å². The summed E-state index contributed by atoms with van der Waals surface area (Å²) in [5.74, 6) is 0.884. The first-order valence-corrected chi connectivity index (χ1v) is 8.17. The average Bonchev–Trinajstić information content (AvgIpc) is 2.51. The Morgan fingerprint density at radius 3 is 2.55 bits per heavy atom. The van der Waals surface area contributed by atoms with Crippen LogP contribution in [0.2, 0.25) is 0 Å². The number of morpholine rings is 1. The van der Waals surface area contributed by atoms with Crippen molar-refractivity contribution in [1.82, 2.24) is 5.32 Å². The summed E-state index contributed by atoms with van der Waals surface area (Å²) < 4.78 is 6.33. The van der Waals surface area contributed by atoms with Gasteiger partial charge in [0.05, 0.1) is 12.7 Å². The van der Waals surface area contributed by atoms with E-state index in [0.717, 1.165) is 18.9 Å². The molecule has 0 radical (unpaired) electrons. The summed E-state index contributed by atoms with van der Waals surface area (Å²) in [5, 5.41) is 3.96. The standard InChI is InChI=1S/C18H27NO/c1-3-16-17(15-7-5-4-6-8-15)20-13-18(19-16)11-9-14(2)10-12-18/h4-8,14,16-17,19H,3,9-13H2,1-2H3. The van der Waals surface area contributed by atoms with E-state index in [1.54, 1.807) is 0 Å². The summed E-state index contributed by atoms with van der Waals surface area (Å²) in [4.78, 5) is 0. The van der Waals surface area contributed by atoms with Gasteiger partial charge in [-0.25, -0.2) is 0 Å². The van der Waals surface area contributed by atoms with Crippen molar-refractivity contribution in [2.24, 2.45) is 5.92 Å². The summed E-state index contributed by atoms with van der Waals surface area (Å²) >= 11 is 0. The molecule has 2 fully saturated rings. The highest BCUT2D eigenvalue weighted by Crippen LogP contribution is 2.38. The van der Waals surface area contributed by atoms with E-state index in [1.165, 1.54) is 31.2 Å². The molecule has 110 valence electrons. The van der Waals surface area contributed by atoms with Crippen molar-refractivity contribution in [2.75, 3.05) is 6.61 Å². The third-order valence-corrected chi connectivity index (χ3v) is 5.20. The lowest BCUT2D eigenvalue weighted by Gasteiger charge is -2.49. The van der Waals surface area contributed by atoms with E-state index in [4.69, 9.17) is 4.74 Å². The van der Waals surface area contributed by atoms with Gasteiger partial charge < -0.3 is 10.1 Å². The Kier molecular flexibility index (Phi) is 4.13. The molecule has 20 heavy (non-hydrogen) atoms. The Morgan fingerprint density at radius 2 is 1.90 bits per heavy atom. The molecule has 2 unspecified atom stereocenters. The van der Waals surface area contributed by atoms with E-state index in [0.29, 0.717) is 6.04 Å². The second-order valence-corrected chi connectivity index (χ2v) is 6.76. The van der Waals surface area contributed by atoms with Crippen molar-refractivity contribution in [3.05, 3.63) is 35.9 Å². The van der Waals surface area contributed by atoms with Crippen LogP contribution in [0.15, 0.2) is 30.3 Å². The van der Waals surface area contributed by atoms with Crippen molar-refractivity contribution in [2.45, 2.75) is 63.6 Å². The maximum Gasteiger partial charge on any atom is 0.0978 e. The Hall–Kier alpha value is -0.860. The van der Waals surface area contributed by atoms with Gasteiger partial charge in [0.25, 0.3) is 0 Å². The molecule has 2 nitrogen and oxygen atoms in total. The second-order valence-electron chi connectivity index (χ2n) is 6.76. The number of benzene rings is 1. The van der Waals surface area contributed by atoms with Crippen molar-refractivity contribution in [1.29, 1.82) is 0 Å². The minimum atomic E-state index is 0.214. The van der Waals surface area contributed by atoms with Crippen LogP contribution in [0.4, 0.5) is 0 Å². The second kappa shape index (κ2) is 5.87. The normalized spacial score (nSPS) is 38.0. The summed E-state index contributed by atoms with van der Waals surface area (Å²) in [6, 6.07) is 11.1.